The summed E-state index contributed by atoms with van der Waals surface area (Å²) in [6, 6.07) is 8.33. The summed E-state index contributed by atoms with van der Waals surface area (Å²) in [6.07, 6.45) is 0. The van der Waals surface area contributed by atoms with Crippen LogP contribution in [0.3, 0.4) is 0 Å². The fourth-order valence-corrected chi connectivity index (χ4v) is 1.32. The lowest BCUT2D eigenvalue weighted by Gasteiger charge is -2.03. The third-order valence-electron chi connectivity index (χ3n) is 2.20. The van der Waals surface area contributed by atoms with Crippen LogP contribution >= 0.6 is 0 Å². The maximum atomic E-state index is 5.51. The fourth-order valence-electron chi connectivity index (χ4n) is 1.32. The molecule has 0 bridgehead atoms. The van der Waals surface area contributed by atoms with Crippen molar-refractivity contribution in [1.82, 2.24) is 10.2 Å². The molecule has 0 unspecified atom stereocenters. The molecule has 2 rings (SSSR count). The number of nitrogens with one attached hydrogen (secondary N) is 1. The zero-order valence-electron chi connectivity index (χ0n) is 9.56. The molecule has 16 heavy (non-hydrogen) atoms. The number of hydrogen-bond acceptors (Lipinski definition) is 5. The molecule has 2 aromatic rings. The Morgan fingerprint density at radius 3 is 2.69 bits per heavy atom. The Kier molecular flexibility index (Phi) is 2.76. The SMILES string of the molecule is CNc1cccc(-c2nnc(N(C)C)o2)c1. The van der Waals surface area contributed by atoms with Crippen molar-refractivity contribution in [2.75, 3.05) is 31.4 Å². The van der Waals surface area contributed by atoms with Crippen LogP contribution in [0.25, 0.3) is 11.5 Å². The molecule has 0 spiro atoms. The van der Waals surface area contributed by atoms with E-state index in [0.29, 0.717) is 11.9 Å². The van der Waals surface area contributed by atoms with Crippen molar-refractivity contribution in [1.29, 1.82) is 0 Å². The fraction of sp³-hybridized carbons (Fsp3) is 0.273. The van der Waals surface area contributed by atoms with E-state index in [-0.39, 0.29) is 0 Å². The molecule has 0 saturated carbocycles. The topological polar surface area (TPSA) is 54.2 Å². The van der Waals surface area contributed by atoms with Crippen LogP contribution in [-0.4, -0.2) is 31.3 Å². The highest BCUT2D eigenvalue weighted by atomic mass is 16.4. The smallest absolute Gasteiger partial charge is 0.317 e. The highest BCUT2D eigenvalue weighted by molar-refractivity contribution is 5.61. The van der Waals surface area contributed by atoms with Gasteiger partial charge >= 0.3 is 6.01 Å². The number of anilines is 2. The van der Waals surface area contributed by atoms with Crippen molar-refractivity contribution >= 4 is 11.7 Å². The van der Waals surface area contributed by atoms with E-state index in [1.807, 2.05) is 45.4 Å². The van der Waals surface area contributed by atoms with Crippen LogP contribution in [0, 0.1) is 0 Å². The Hall–Kier alpha value is -2.04. The summed E-state index contributed by atoms with van der Waals surface area (Å²) in [4.78, 5) is 1.78. The first kappa shape index (κ1) is 10.5. The van der Waals surface area contributed by atoms with Crippen molar-refractivity contribution < 1.29 is 4.42 Å². The van der Waals surface area contributed by atoms with Crippen LogP contribution in [-0.2, 0) is 0 Å². The van der Waals surface area contributed by atoms with Gasteiger partial charge in [0.1, 0.15) is 0 Å². The average molecular weight is 218 g/mol. The van der Waals surface area contributed by atoms with E-state index in [9.17, 15) is 0 Å². The third-order valence-corrected chi connectivity index (χ3v) is 2.20. The molecule has 0 atom stereocenters. The van der Waals surface area contributed by atoms with Gasteiger partial charge in [0, 0.05) is 32.4 Å². The van der Waals surface area contributed by atoms with Gasteiger partial charge in [-0.15, -0.1) is 5.10 Å². The van der Waals surface area contributed by atoms with Crippen LogP contribution < -0.4 is 10.2 Å². The monoisotopic (exact) mass is 218 g/mol. The third kappa shape index (κ3) is 1.98. The Bertz CT molecular complexity index is 478. The van der Waals surface area contributed by atoms with Gasteiger partial charge in [0.2, 0.25) is 5.89 Å². The van der Waals surface area contributed by atoms with Crippen LogP contribution in [0.1, 0.15) is 0 Å². The van der Waals surface area contributed by atoms with Crippen LogP contribution in [0.15, 0.2) is 28.7 Å². The van der Waals surface area contributed by atoms with Gasteiger partial charge in [-0.1, -0.05) is 11.2 Å². The maximum Gasteiger partial charge on any atom is 0.317 e. The highest BCUT2D eigenvalue weighted by Crippen LogP contribution is 2.23. The lowest BCUT2D eigenvalue weighted by molar-refractivity contribution is 0.566. The second-order valence-electron chi connectivity index (χ2n) is 3.62. The van der Waals surface area contributed by atoms with E-state index in [1.165, 1.54) is 0 Å². The van der Waals surface area contributed by atoms with Gasteiger partial charge in [-0.2, -0.15) is 0 Å². The molecule has 1 aromatic carbocycles. The molecule has 0 fully saturated rings. The van der Waals surface area contributed by atoms with Crippen molar-refractivity contribution in [2.24, 2.45) is 0 Å². The predicted octanol–water partition coefficient (Wildman–Crippen LogP) is 1.84. The summed E-state index contributed by atoms with van der Waals surface area (Å²) < 4.78 is 5.51. The summed E-state index contributed by atoms with van der Waals surface area (Å²) in [5.74, 6) is 0.529. The quantitative estimate of drug-likeness (QED) is 0.852. The molecule has 0 amide bonds. The molecule has 0 radical (unpaired) electrons. The highest BCUT2D eigenvalue weighted by Gasteiger charge is 2.09. The van der Waals surface area contributed by atoms with E-state index in [1.54, 1.807) is 4.90 Å². The van der Waals surface area contributed by atoms with Gasteiger partial charge in [0.15, 0.2) is 0 Å². The largest absolute Gasteiger partial charge is 0.403 e. The number of rotatable bonds is 3. The Morgan fingerprint density at radius 1 is 1.25 bits per heavy atom. The standard InChI is InChI=1S/C11H14N4O/c1-12-9-6-4-5-8(7-9)10-13-14-11(16-10)15(2)3/h4-7,12H,1-3H3. The molecule has 5 heteroatoms. The van der Waals surface area contributed by atoms with Gasteiger partial charge in [-0.25, -0.2) is 0 Å². The number of hydrogen-bond donors (Lipinski definition) is 1. The molecule has 84 valence electrons. The minimum atomic E-state index is 0.505. The molecule has 5 nitrogen and oxygen atoms in total. The second-order valence-corrected chi connectivity index (χ2v) is 3.62. The van der Waals surface area contributed by atoms with Crippen molar-refractivity contribution in [3.63, 3.8) is 0 Å². The van der Waals surface area contributed by atoms with Gasteiger partial charge < -0.3 is 14.6 Å². The van der Waals surface area contributed by atoms with Gasteiger partial charge in [-0.3, -0.25) is 0 Å². The maximum absolute atomic E-state index is 5.51. The molecule has 1 N–H and O–H groups in total. The summed E-state index contributed by atoms with van der Waals surface area (Å²) >= 11 is 0. The average Bonchev–Trinajstić information content (AvgIpc) is 2.78. The lowest BCUT2D eigenvalue weighted by Crippen LogP contribution is -2.08. The summed E-state index contributed by atoms with van der Waals surface area (Å²) in [6.45, 7) is 0. The molecule has 0 saturated heterocycles. The van der Waals surface area contributed by atoms with E-state index < -0.39 is 0 Å². The van der Waals surface area contributed by atoms with Gasteiger partial charge in [-0.05, 0) is 18.2 Å². The Morgan fingerprint density at radius 2 is 2.06 bits per heavy atom. The summed E-state index contributed by atoms with van der Waals surface area (Å²) in [5.41, 5.74) is 1.93. The van der Waals surface area contributed by atoms with Crippen LogP contribution in [0.2, 0.25) is 0 Å². The molecule has 0 aliphatic heterocycles. The van der Waals surface area contributed by atoms with Crippen LogP contribution in [0.5, 0.6) is 0 Å². The minimum absolute atomic E-state index is 0.505. The zero-order chi connectivity index (χ0) is 11.5. The number of aromatic nitrogens is 2. The molecular formula is C11H14N4O. The normalized spacial score (nSPS) is 10.2. The summed E-state index contributed by atoms with van der Waals surface area (Å²) in [5, 5.41) is 11.0. The summed E-state index contributed by atoms with van der Waals surface area (Å²) in [7, 11) is 5.60. The molecule has 0 aliphatic carbocycles. The van der Waals surface area contributed by atoms with Gasteiger partial charge in [0.05, 0.1) is 0 Å². The first-order valence-electron chi connectivity index (χ1n) is 4.99. The Labute approximate surface area is 94.1 Å². The van der Waals surface area contributed by atoms with E-state index in [0.717, 1.165) is 11.3 Å². The van der Waals surface area contributed by atoms with E-state index in [2.05, 4.69) is 15.5 Å². The zero-order valence-corrected chi connectivity index (χ0v) is 9.56. The first-order valence-corrected chi connectivity index (χ1v) is 4.99. The van der Waals surface area contributed by atoms with Crippen LogP contribution in [0.4, 0.5) is 11.7 Å². The van der Waals surface area contributed by atoms with Crippen molar-refractivity contribution in [2.45, 2.75) is 0 Å². The predicted molar refractivity (Wildman–Crippen MR) is 63.6 cm³/mol. The molecule has 0 aliphatic rings. The lowest BCUT2D eigenvalue weighted by atomic mass is 10.2. The minimum Gasteiger partial charge on any atom is -0.403 e. The number of nitrogens with zero attached hydrogens (tertiary/aromatic N) is 3. The second kappa shape index (κ2) is 4.22. The first-order chi connectivity index (χ1) is 7.70. The van der Waals surface area contributed by atoms with Crippen molar-refractivity contribution in [3.8, 4) is 11.5 Å². The van der Waals surface area contributed by atoms with Crippen molar-refractivity contribution in [3.05, 3.63) is 24.3 Å². The van der Waals surface area contributed by atoms with E-state index in [4.69, 9.17) is 4.42 Å². The molecule has 1 aromatic heterocycles. The molecule has 1 heterocycles. The van der Waals surface area contributed by atoms with Gasteiger partial charge in [0.25, 0.3) is 0 Å². The Balaban J connectivity index is 2.34. The number of benzene rings is 1. The van der Waals surface area contributed by atoms with E-state index >= 15 is 0 Å². The molecular weight excluding hydrogens is 204 g/mol.